The lowest BCUT2D eigenvalue weighted by atomic mass is 10.2. The van der Waals surface area contributed by atoms with Crippen LogP contribution in [0.2, 0.25) is 0 Å². The van der Waals surface area contributed by atoms with Crippen LogP contribution >= 0.6 is 0 Å². The topological polar surface area (TPSA) is 57.6 Å². The van der Waals surface area contributed by atoms with E-state index >= 15 is 0 Å². The summed E-state index contributed by atoms with van der Waals surface area (Å²) in [5.41, 5.74) is 5.70. The Morgan fingerprint density at radius 3 is 2.55 bits per heavy atom. The van der Waals surface area contributed by atoms with Gasteiger partial charge in [-0.25, -0.2) is 0 Å². The van der Waals surface area contributed by atoms with E-state index in [2.05, 4.69) is 15.5 Å². The van der Waals surface area contributed by atoms with E-state index in [0.717, 1.165) is 17.0 Å². The van der Waals surface area contributed by atoms with Gasteiger partial charge in [-0.15, -0.1) is 0 Å². The van der Waals surface area contributed by atoms with E-state index in [4.69, 9.17) is 0 Å². The highest BCUT2D eigenvalue weighted by molar-refractivity contribution is 6.06. The summed E-state index contributed by atoms with van der Waals surface area (Å²) in [6.07, 6.45) is 3.77. The number of pyridine rings is 1. The van der Waals surface area contributed by atoms with E-state index in [9.17, 15) is 4.79 Å². The van der Waals surface area contributed by atoms with Gasteiger partial charge in [0.25, 0.3) is 0 Å². The van der Waals surface area contributed by atoms with Crippen LogP contribution in [0.1, 0.15) is 18.9 Å². The number of amides is 1. The molecule has 0 unspecified atom stereocenters. The molecule has 2 aromatic rings. The predicted octanol–water partition coefficient (Wildman–Crippen LogP) is 2.60. The standard InChI is InChI=1S/C17H20N4O/c1-14(20-19-13-15-8-10-18-11-9-15)12-17(22)21(2)16-6-4-3-5-7-16/h3-11,19H,12-13H2,1-2H3. The average Bonchev–Trinajstić information content (AvgIpc) is 2.56. The number of para-hydroxylation sites is 1. The highest BCUT2D eigenvalue weighted by Crippen LogP contribution is 2.12. The van der Waals surface area contributed by atoms with Gasteiger partial charge < -0.3 is 10.3 Å². The number of nitrogens with zero attached hydrogens (tertiary/aromatic N) is 3. The summed E-state index contributed by atoms with van der Waals surface area (Å²) in [5, 5.41) is 4.23. The average molecular weight is 296 g/mol. The van der Waals surface area contributed by atoms with Crippen LogP contribution in [-0.2, 0) is 11.3 Å². The molecular weight excluding hydrogens is 276 g/mol. The lowest BCUT2D eigenvalue weighted by molar-refractivity contribution is -0.117. The quantitative estimate of drug-likeness (QED) is 0.658. The van der Waals surface area contributed by atoms with Gasteiger partial charge in [0, 0.05) is 30.8 Å². The SMILES string of the molecule is CC(CC(=O)N(C)c1ccccc1)=NNCc1ccncc1. The zero-order chi connectivity index (χ0) is 15.8. The molecule has 5 heteroatoms. The van der Waals surface area contributed by atoms with E-state index in [-0.39, 0.29) is 12.3 Å². The Kier molecular flexibility index (Phi) is 5.65. The van der Waals surface area contributed by atoms with Gasteiger partial charge in [-0.2, -0.15) is 5.10 Å². The van der Waals surface area contributed by atoms with Gasteiger partial charge >= 0.3 is 0 Å². The molecule has 0 spiro atoms. The van der Waals surface area contributed by atoms with Gasteiger partial charge in [-0.3, -0.25) is 9.78 Å². The lowest BCUT2D eigenvalue weighted by Crippen LogP contribution is -2.28. The number of carbonyl (C=O) groups is 1. The molecule has 0 aliphatic rings. The molecule has 22 heavy (non-hydrogen) atoms. The Bertz CT molecular complexity index is 626. The Hall–Kier alpha value is -2.69. The fraction of sp³-hybridized carbons (Fsp3) is 0.235. The maximum Gasteiger partial charge on any atom is 0.232 e. The Labute approximate surface area is 130 Å². The van der Waals surface area contributed by atoms with Crippen molar-refractivity contribution in [3.63, 3.8) is 0 Å². The third kappa shape index (κ3) is 4.70. The molecule has 0 radical (unpaired) electrons. The van der Waals surface area contributed by atoms with Crippen LogP contribution in [0.3, 0.4) is 0 Å². The van der Waals surface area contributed by atoms with Crippen molar-refractivity contribution in [3.8, 4) is 0 Å². The molecule has 0 saturated heterocycles. The van der Waals surface area contributed by atoms with Gasteiger partial charge in [0.15, 0.2) is 0 Å². The number of aromatic nitrogens is 1. The number of hydrogen-bond donors (Lipinski definition) is 1. The van der Waals surface area contributed by atoms with Gasteiger partial charge in [-0.1, -0.05) is 18.2 Å². The van der Waals surface area contributed by atoms with Gasteiger partial charge in [0.1, 0.15) is 0 Å². The molecule has 1 aromatic heterocycles. The first-order chi connectivity index (χ1) is 10.7. The number of anilines is 1. The highest BCUT2D eigenvalue weighted by atomic mass is 16.2. The minimum atomic E-state index is 0.0122. The van der Waals surface area contributed by atoms with E-state index in [0.29, 0.717) is 6.54 Å². The number of carbonyl (C=O) groups excluding carboxylic acids is 1. The van der Waals surface area contributed by atoms with Crippen LogP contribution in [0.15, 0.2) is 60.0 Å². The lowest BCUT2D eigenvalue weighted by Gasteiger charge is -2.17. The van der Waals surface area contributed by atoms with Crippen molar-refractivity contribution in [2.24, 2.45) is 5.10 Å². The largest absolute Gasteiger partial charge is 0.315 e. The third-order valence-electron chi connectivity index (χ3n) is 3.23. The molecule has 2 rings (SSSR count). The van der Waals surface area contributed by atoms with Crippen LogP contribution < -0.4 is 10.3 Å². The summed E-state index contributed by atoms with van der Waals surface area (Å²) in [5.74, 6) is 0.0122. The van der Waals surface area contributed by atoms with E-state index in [1.54, 1.807) is 24.3 Å². The number of benzene rings is 1. The van der Waals surface area contributed by atoms with Crippen LogP contribution in [0.25, 0.3) is 0 Å². The van der Waals surface area contributed by atoms with Gasteiger partial charge in [0.2, 0.25) is 5.91 Å². The van der Waals surface area contributed by atoms with Crippen LogP contribution in [-0.4, -0.2) is 23.7 Å². The van der Waals surface area contributed by atoms with E-state index < -0.39 is 0 Å². The fourth-order valence-corrected chi connectivity index (χ4v) is 1.94. The van der Waals surface area contributed by atoms with Crippen molar-refractivity contribution in [3.05, 3.63) is 60.4 Å². The minimum Gasteiger partial charge on any atom is -0.315 e. The molecule has 0 bridgehead atoms. The summed E-state index contributed by atoms with van der Waals surface area (Å²) in [6, 6.07) is 13.4. The number of rotatable bonds is 6. The number of hydrogen-bond acceptors (Lipinski definition) is 4. The van der Waals surface area contributed by atoms with Crippen LogP contribution in [0.4, 0.5) is 5.69 Å². The molecule has 1 aromatic carbocycles. The van der Waals surface area contributed by atoms with Gasteiger partial charge in [-0.05, 0) is 36.8 Å². The second-order valence-electron chi connectivity index (χ2n) is 5.00. The molecule has 0 aliphatic carbocycles. The van der Waals surface area contributed by atoms with Gasteiger partial charge in [0.05, 0.1) is 13.0 Å². The molecule has 114 valence electrons. The minimum absolute atomic E-state index is 0.0122. The monoisotopic (exact) mass is 296 g/mol. The van der Waals surface area contributed by atoms with E-state index in [1.807, 2.05) is 49.4 Å². The summed E-state index contributed by atoms with van der Waals surface area (Å²) >= 11 is 0. The molecular formula is C17H20N4O. The number of nitrogens with one attached hydrogen (secondary N) is 1. The normalized spacial score (nSPS) is 11.1. The highest BCUT2D eigenvalue weighted by Gasteiger charge is 2.11. The van der Waals surface area contributed by atoms with E-state index in [1.165, 1.54) is 0 Å². The molecule has 5 nitrogen and oxygen atoms in total. The zero-order valence-corrected chi connectivity index (χ0v) is 12.9. The van der Waals surface area contributed by atoms with Crippen molar-refractivity contribution < 1.29 is 4.79 Å². The summed E-state index contributed by atoms with van der Waals surface area (Å²) in [6.45, 7) is 2.46. The third-order valence-corrected chi connectivity index (χ3v) is 3.23. The molecule has 0 aliphatic heterocycles. The van der Waals surface area contributed by atoms with Crippen molar-refractivity contribution in [2.45, 2.75) is 19.9 Å². The summed E-state index contributed by atoms with van der Waals surface area (Å²) in [4.78, 5) is 17.8. The van der Waals surface area contributed by atoms with Crippen LogP contribution in [0.5, 0.6) is 0 Å². The summed E-state index contributed by atoms with van der Waals surface area (Å²) < 4.78 is 0. The smallest absolute Gasteiger partial charge is 0.232 e. The molecule has 0 fully saturated rings. The zero-order valence-electron chi connectivity index (χ0n) is 12.9. The molecule has 0 atom stereocenters. The molecule has 0 saturated carbocycles. The van der Waals surface area contributed by atoms with Crippen molar-refractivity contribution >= 4 is 17.3 Å². The first kappa shape index (κ1) is 15.7. The maximum atomic E-state index is 12.2. The Balaban J connectivity index is 1.84. The van der Waals surface area contributed by atoms with Crippen molar-refractivity contribution in [2.75, 3.05) is 11.9 Å². The summed E-state index contributed by atoms with van der Waals surface area (Å²) in [7, 11) is 1.77. The maximum absolute atomic E-state index is 12.2. The molecule has 1 N–H and O–H groups in total. The Morgan fingerprint density at radius 1 is 1.18 bits per heavy atom. The first-order valence-corrected chi connectivity index (χ1v) is 7.13. The second kappa shape index (κ2) is 7.93. The predicted molar refractivity (Wildman–Crippen MR) is 88.7 cm³/mol. The number of hydrazone groups is 1. The first-order valence-electron chi connectivity index (χ1n) is 7.13. The van der Waals surface area contributed by atoms with Crippen LogP contribution in [0, 0.1) is 0 Å². The molecule has 1 heterocycles. The fourth-order valence-electron chi connectivity index (χ4n) is 1.94. The second-order valence-corrected chi connectivity index (χ2v) is 5.00. The van der Waals surface area contributed by atoms with Crippen molar-refractivity contribution in [1.29, 1.82) is 0 Å². The Morgan fingerprint density at radius 2 is 1.86 bits per heavy atom. The van der Waals surface area contributed by atoms with Crippen molar-refractivity contribution in [1.82, 2.24) is 10.4 Å². The molecule has 1 amide bonds.